The topological polar surface area (TPSA) is 39.8 Å². The highest BCUT2D eigenvalue weighted by Gasteiger charge is 2.28. The zero-order valence-electron chi connectivity index (χ0n) is 10.2. The predicted octanol–water partition coefficient (Wildman–Crippen LogP) is 1.96. The molecule has 0 aliphatic rings. The normalized spacial score (nSPS) is 11.8. The number of halogens is 3. The van der Waals surface area contributed by atoms with Crippen molar-refractivity contribution >= 4 is 0 Å². The van der Waals surface area contributed by atoms with Gasteiger partial charge in [0.05, 0.1) is 12.2 Å². The summed E-state index contributed by atoms with van der Waals surface area (Å²) in [5.74, 6) is 0. The fourth-order valence-electron chi connectivity index (χ4n) is 1.72. The number of aromatic nitrogens is 3. The lowest BCUT2D eigenvalue weighted by atomic mass is 10.3. The first-order valence-corrected chi connectivity index (χ1v) is 5.60. The van der Waals surface area contributed by atoms with Crippen LogP contribution >= 0.6 is 0 Å². The van der Waals surface area contributed by atoms with Crippen LogP contribution in [0.1, 0.15) is 11.3 Å². The summed E-state index contributed by atoms with van der Waals surface area (Å²) in [4.78, 5) is 11.8. The van der Waals surface area contributed by atoms with Gasteiger partial charge in [-0.3, -0.25) is 9.48 Å². The third-order valence-electron chi connectivity index (χ3n) is 2.58. The molecule has 0 aliphatic carbocycles. The minimum atomic E-state index is -4.30. The second kappa shape index (κ2) is 4.91. The Hall–Kier alpha value is -2.05. The molecule has 0 amide bonds. The summed E-state index contributed by atoms with van der Waals surface area (Å²) in [7, 11) is 0. The van der Waals surface area contributed by atoms with Gasteiger partial charge in [-0.1, -0.05) is 6.07 Å². The average Bonchev–Trinajstić information content (AvgIpc) is 2.70. The van der Waals surface area contributed by atoms with E-state index in [9.17, 15) is 18.0 Å². The number of aryl methyl sites for hydroxylation is 1. The summed E-state index contributed by atoms with van der Waals surface area (Å²) in [6, 6.07) is 4.87. The third kappa shape index (κ3) is 3.46. The van der Waals surface area contributed by atoms with Crippen molar-refractivity contribution < 1.29 is 13.2 Å². The molecule has 4 nitrogen and oxygen atoms in total. The largest absolute Gasteiger partial charge is 0.408 e. The fraction of sp³-hybridized carbons (Fsp3) is 0.333. The molecule has 0 saturated heterocycles. The minimum Gasteiger partial charge on any atom is -0.309 e. The second-order valence-corrected chi connectivity index (χ2v) is 4.24. The van der Waals surface area contributed by atoms with E-state index in [4.69, 9.17) is 0 Å². The van der Waals surface area contributed by atoms with Crippen molar-refractivity contribution in [2.24, 2.45) is 0 Å². The summed E-state index contributed by atoms with van der Waals surface area (Å²) in [6.07, 6.45) is -1.47. The van der Waals surface area contributed by atoms with Gasteiger partial charge in [-0.15, -0.1) is 0 Å². The maximum absolute atomic E-state index is 12.2. The molecule has 0 unspecified atom stereocenters. The first kappa shape index (κ1) is 13.4. The molecular formula is C12H12F3N3O. The van der Waals surface area contributed by atoms with Gasteiger partial charge < -0.3 is 4.57 Å². The van der Waals surface area contributed by atoms with E-state index in [1.165, 1.54) is 16.8 Å². The SMILES string of the molecule is Cc1cccn(Cc2ccn(CC(F)(F)F)n2)c1=O. The lowest BCUT2D eigenvalue weighted by Crippen LogP contribution is -2.22. The Morgan fingerprint density at radius 2 is 2.00 bits per heavy atom. The minimum absolute atomic E-state index is 0.158. The summed E-state index contributed by atoms with van der Waals surface area (Å²) in [5, 5.41) is 3.80. The van der Waals surface area contributed by atoms with Crippen molar-refractivity contribution in [1.82, 2.24) is 14.3 Å². The number of hydrogen-bond acceptors (Lipinski definition) is 2. The van der Waals surface area contributed by atoms with E-state index in [2.05, 4.69) is 5.10 Å². The fourth-order valence-corrected chi connectivity index (χ4v) is 1.72. The van der Waals surface area contributed by atoms with E-state index < -0.39 is 12.7 Å². The van der Waals surface area contributed by atoms with E-state index in [0.717, 1.165) is 4.68 Å². The van der Waals surface area contributed by atoms with Crippen molar-refractivity contribution in [3.8, 4) is 0 Å². The molecule has 0 spiro atoms. The van der Waals surface area contributed by atoms with Gasteiger partial charge in [-0.05, 0) is 19.1 Å². The molecule has 0 aliphatic heterocycles. The van der Waals surface area contributed by atoms with Crippen molar-refractivity contribution in [2.45, 2.75) is 26.2 Å². The molecule has 19 heavy (non-hydrogen) atoms. The Morgan fingerprint density at radius 1 is 1.26 bits per heavy atom. The average molecular weight is 271 g/mol. The summed E-state index contributed by atoms with van der Waals surface area (Å²) in [5.41, 5.74) is 0.821. The van der Waals surface area contributed by atoms with Gasteiger partial charge in [0.25, 0.3) is 5.56 Å². The van der Waals surface area contributed by atoms with Crippen molar-refractivity contribution in [3.05, 3.63) is 52.2 Å². The predicted molar refractivity (Wildman–Crippen MR) is 62.8 cm³/mol. The molecule has 0 atom stereocenters. The molecule has 0 N–H and O–H groups in total. The summed E-state index contributed by atoms with van der Waals surface area (Å²) < 4.78 is 38.8. The standard InChI is InChI=1S/C12H12F3N3O/c1-9-3-2-5-17(11(9)19)7-10-4-6-18(16-10)8-12(13,14)15/h2-6H,7-8H2,1H3. The molecule has 0 fully saturated rings. The second-order valence-electron chi connectivity index (χ2n) is 4.24. The van der Waals surface area contributed by atoms with Crippen LogP contribution in [0.3, 0.4) is 0 Å². The Labute approximate surface area is 107 Å². The van der Waals surface area contributed by atoms with Gasteiger partial charge in [-0.25, -0.2) is 0 Å². The lowest BCUT2D eigenvalue weighted by molar-refractivity contribution is -0.142. The Balaban J connectivity index is 2.16. The highest BCUT2D eigenvalue weighted by molar-refractivity contribution is 5.09. The van der Waals surface area contributed by atoms with Gasteiger partial charge in [0.15, 0.2) is 0 Å². The van der Waals surface area contributed by atoms with Crippen molar-refractivity contribution in [2.75, 3.05) is 0 Å². The van der Waals surface area contributed by atoms with E-state index in [1.54, 1.807) is 25.3 Å². The highest BCUT2D eigenvalue weighted by Crippen LogP contribution is 2.16. The van der Waals surface area contributed by atoms with Crippen LogP contribution in [0.15, 0.2) is 35.4 Å². The number of hydrogen-bond donors (Lipinski definition) is 0. The van der Waals surface area contributed by atoms with E-state index in [0.29, 0.717) is 11.3 Å². The van der Waals surface area contributed by atoms with Gasteiger partial charge in [0.2, 0.25) is 0 Å². The monoisotopic (exact) mass is 271 g/mol. The van der Waals surface area contributed by atoms with Crippen LogP contribution in [0.2, 0.25) is 0 Å². The van der Waals surface area contributed by atoms with Crippen LogP contribution < -0.4 is 5.56 Å². The molecule has 2 rings (SSSR count). The van der Waals surface area contributed by atoms with Gasteiger partial charge >= 0.3 is 6.18 Å². The Kier molecular flexibility index (Phi) is 3.46. The molecule has 2 aromatic rings. The molecule has 0 aromatic carbocycles. The van der Waals surface area contributed by atoms with Gasteiger partial charge in [-0.2, -0.15) is 18.3 Å². The quantitative estimate of drug-likeness (QED) is 0.856. The maximum atomic E-state index is 12.2. The molecule has 2 aromatic heterocycles. The molecule has 7 heteroatoms. The summed E-state index contributed by atoms with van der Waals surface area (Å²) >= 11 is 0. The van der Waals surface area contributed by atoms with Crippen LogP contribution in [-0.2, 0) is 13.1 Å². The lowest BCUT2D eigenvalue weighted by Gasteiger charge is -2.06. The van der Waals surface area contributed by atoms with E-state index >= 15 is 0 Å². The van der Waals surface area contributed by atoms with Gasteiger partial charge in [0, 0.05) is 18.0 Å². The smallest absolute Gasteiger partial charge is 0.309 e. The number of rotatable bonds is 3. The first-order chi connectivity index (χ1) is 8.85. The third-order valence-corrected chi connectivity index (χ3v) is 2.58. The molecule has 0 saturated carbocycles. The van der Waals surface area contributed by atoms with Crippen molar-refractivity contribution in [3.63, 3.8) is 0 Å². The molecular weight excluding hydrogens is 259 g/mol. The Morgan fingerprint density at radius 3 is 2.68 bits per heavy atom. The van der Waals surface area contributed by atoms with Gasteiger partial charge in [0.1, 0.15) is 6.54 Å². The van der Waals surface area contributed by atoms with Crippen LogP contribution in [-0.4, -0.2) is 20.5 Å². The number of pyridine rings is 1. The van der Waals surface area contributed by atoms with E-state index in [1.807, 2.05) is 0 Å². The molecule has 2 heterocycles. The highest BCUT2D eigenvalue weighted by atomic mass is 19.4. The van der Waals surface area contributed by atoms with E-state index in [-0.39, 0.29) is 12.1 Å². The maximum Gasteiger partial charge on any atom is 0.408 e. The molecule has 0 bridgehead atoms. The zero-order valence-corrected chi connectivity index (χ0v) is 10.2. The summed E-state index contributed by atoms with van der Waals surface area (Å²) in [6.45, 7) is 0.710. The molecule has 0 radical (unpaired) electrons. The van der Waals surface area contributed by atoms with Crippen molar-refractivity contribution in [1.29, 1.82) is 0 Å². The van der Waals surface area contributed by atoms with Crippen LogP contribution in [0.5, 0.6) is 0 Å². The van der Waals surface area contributed by atoms with Crippen LogP contribution in [0.25, 0.3) is 0 Å². The van der Waals surface area contributed by atoms with Crippen LogP contribution in [0, 0.1) is 6.92 Å². The van der Waals surface area contributed by atoms with Crippen LogP contribution in [0.4, 0.5) is 13.2 Å². The Bertz CT molecular complexity index is 628. The molecule has 102 valence electrons. The number of alkyl halides is 3. The first-order valence-electron chi connectivity index (χ1n) is 5.60. The zero-order chi connectivity index (χ0) is 14.0. The number of nitrogens with zero attached hydrogens (tertiary/aromatic N) is 3.